The molecular weight excluding hydrogens is 174 g/mol. The SMILES string of the molecule is NCc1cccc(NC2=NCCC2)c1. The van der Waals surface area contributed by atoms with Crippen LogP contribution in [0.5, 0.6) is 0 Å². The minimum absolute atomic E-state index is 0.585. The molecule has 2 rings (SSSR count). The van der Waals surface area contributed by atoms with Crippen LogP contribution in [-0.4, -0.2) is 12.4 Å². The van der Waals surface area contributed by atoms with Crippen molar-refractivity contribution < 1.29 is 0 Å². The highest BCUT2D eigenvalue weighted by Gasteiger charge is 2.05. The highest BCUT2D eigenvalue weighted by molar-refractivity contribution is 5.96. The zero-order valence-electron chi connectivity index (χ0n) is 8.16. The number of amidine groups is 1. The van der Waals surface area contributed by atoms with Gasteiger partial charge in [-0.3, -0.25) is 4.99 Å². The summed E-state index contributed by atoms with van der Waals surface area (Å²) in [4.78, 5) is 4.36. The van der Waals surface area contributed by atoms with E-state index in [4.69, 9.17) is 5.73 Å². The van der Waals surface area contributed by atoms with Gasteiger partial charge in [-0.25, -0.2) is 0 Å². The number of rotatable bonds is 2. The average molecular weight is 189 g/mol. The van der Waals surface area contributed by atoms with Gasteiger partial charge in [0.15, 0.2) is 0 Å². The molecule has 0 aromatic heterocycles. The number of aliphatic imine (C=N–C) groups is 1. The molecule has 1 aromatic rings. The normalized spacial score (nSPS) is 15.4. The highest BCUT2D eigenvalue weighted by Crippen LogP contribution is 2.13. The first kappa shape index (κ1) is 9.21. The van der Waals surface area contributed by atoms with Gasteiger partial charge in [-0.1, -0.05) is 12.1 Å². The second kappa shape index (κ2) is 4.24. The third kappa shape index (κ3) is 2.12. The van der Waals surface area contributed by atoms with Crippen molar-refractivity contribution >= 4 is 11.5 Å². The van der Waals surface area contributed by atoms with Gasteiger partial charge < -0.3 is 11.1 Å². The van der Waals surface area contributed by atoms with E-state index in [2.05, 4.69) is 16.4 Å². The van der Waals surface area contributed by atoms with Gasteiger partial charge in [-0.2, -0.15) is 0 Å². The molecule has 1 heterocycles. The molecule has 74 valence electrons. The molecule has 0 fully saturated rings. The molecule has 0 amide bonds. The summed E-state index contributed by atoms with van der Waals surface area (Å²) in [5.74, 6) is 1.10. The Morgan fingerprint density at radius 2 is 2.36 bits per heavy atom. The fourth-order valence-corrected chi connectivity index (χ4v) is 1.58. The Hall–Kier alpha value is -1.35. The van der Waals surface area contributed by atoms with Crippen molar-refractivity contribution in [2.45, 2.75) is 19.4 Å². The monoisotopic (exact) mass is 189 g/mol. The van der Waals surface area contributed by atoms with Crippen molar-refractivity contribution in [3.63, 3.8) is 0 Å². The molecule has 0 atom stereocenters. The molecule has 1 aliphatic heterocycles. The zero-order chi connectivity index (χ0) is 9.80. The maximum absolute atomic E-state index is 5.57. The summed E-state index contributed by atoms with van der Waals surface area (Å²) in [5, 5.41) is 3.31. The highest BCUT2D eigenvalue weighted by atomic mass is 15.0. The summed E-state index contributed by atoms with van der Waals surface area (Å²) in [7, 11) is 0. The Balaban J connectivity index is 2.08. The van der Waals surface area contributed by atoms with Gasteiger partial charge in [0.05, 0.1) is 0 Å². The maximum atomic E-state index is 5.57. The molecular formula is C11H15N3. The van der Waals surface area contributed by atoms with Crippen molar-refractivity contribution in [3.8, 4) is 0 Å². The van der Waals surface area contributed by atoms with E-state index in [0.29, 0.717) is 6.54 Å². The van der Waals surface area contributed by atoms with Gasteiger partial charge in [-0.05, 0) is 24.1 Å². The predicted octanol–water partition coefficient (Wildman–Crippen LogP) is 1.75. The first-order valence-electron chi connectivity index (χ1n) is 4.98. The quantitative estimate of drug-likeness (QED) is 0.744. The smallest absolute Gasteiger partial charge is 0.101 e. The van der Waals surface area contributed by atoms with Crippen LogP contribution < -0.4 is 11.1 Å². The zero-order valence-corrected chi connectivity index (χ0v) is 8.16. The summed E-state index contributed by atoms with van der Waals surface area (Å²) >= 11 is 0. The van der Waals surface area contributed by atoms with Crippen molar-refractivity contribution in [2.75, 3.05) is 11.9 Å². The summed E-state index contributed by atoms with van der Waals surface area (Å²) < 4.78 is 0. The van der Waals surface area contributed by atoms with E-state index in [-0.39, 0.29) is 0 Å². The van der Waals surface area contributed by atoms with E-state index in [0.717, 1.165) is 30.1 Å². The number of nitrogens with one attached hydrogen (secondary N) is 1. The average Bonchev–Trinajstić information content (AvgIpc) is 2.71. The maximum Gasteiger partial charge on any atom is 0.101 e. The van der Waals surface area contributed by atoms with Crippen LogP contribution in [0.3, 0.4) is 0 Å². The molecule has 0 unspecified atom stereocenters. The van der Waals surface area contributed by atoms with Gasteiger partial charge in [0.2, 0.25) is 0 Å². The molecule has 0 bridgehead atoms. The summed E-state index contributed by atoms with van der Waals surface area (Å²) in [6.45, 7) is 1.54. The van der Waals surface area contributed by atoms with E-state index >= 15 is 0 Å². The molecule has 0 spiro atoms. The van der Waals surface area contributed by atoms with Gasteiger partial charge in [0.25, 0.3) is 0 Å². The van der Waals surface area contributed by atoms with Crippen LogP contribution in [0, 0.1) is 0 Å². The van der Waals surface area contributed by atoms with Gasteiger partial charge >= 0.3 is 0 Å². The van der Waals surface area contributed by atoms with E-state index < -0.39 is 0 Å². The standard InChI is InChI=1S/C11H15N3/c12-8-9-3-1-4-10(7-9)14-11-5-2-6-13-11/h1,3-4,7H,2,5-6,8,12H2,(H,13,14). The molecule has 14 heavy (non-hydrogen) atoms. The molecule has 1 aliphatic rings. The van der Waals surface area contributed by atoms with Crippen molar-refractivity contribution in [3.05, 3.63) is 29.8 Å². The van der Waals surface area contributed by atoms with Gasteiger partial charge in [0.1, 0.15) is 5.84 Å². The lowest BCUT2D eigenvalue weighted by Crippen LogP contribution is -2.08. The third-order valence-electron chi connectivity index (χ3n) is 2.33. The number of benzene rings is 1. The van der Waals surface area contributed by atoms with Crippen molar-refractivity contribution in [1.29, 1.82) is 0 Å². The number of anilines is 1. The largest absolute Gasteiger partial charge is 0.344 e. The van der Waals surface area contributed by atoms with E-state index in [9.17, 15) is 0 Å². The van der Waals surface area contributed by atoms with Crippen LogP contribution in [0.2, 0.25) is 0 Å². The van der Waals surface area contributed by atoms with Crippen LogP contribution in [-0.2, 0) is 6.54 Å². The van der Waals surface area contributed by atoms with E-state index in [1.807, 2.05) is 18.2 Å². The first-order valence-corrected chi connectivity index (χ1v) is 4.98. The molecule has 3 N–H and O–H groups in total. The molecule has 0 radical (unpaired) electrons. The fraction of sp³-hybridized carbons (Fsp3) is 0.364. The van der Waals surface area contributed by atoms with Crippen LogP contribution >= 0.6 is 0 Å². The summed E-state index contributed by atoms with van der Waals surface area (Å²) in [5.41, 5.74) is 7.81. The minimum Gasteiger partial charge on any atom is -0.344 e. The second-order valence-corrected chi connectivity index (χ2v) is 3.46. The van der Waals surface area contributed by atoms with Crippen molar-refractivity contribution in [2.24, 2.45) is 10.7 Å². The Morgan fingerprint density at radius 3 is 3.07 bits per heavy atom. The van der Waals surface area contributed by atoms with Crippen LogP contribution in [0.15, 0.2) is 29.3 Å². The Labute approximate surface area is 84.0 Å². The molecule has 3 heteroatoms. The lowest BCUT2D eigenvalue weighted by molar-refractivity contribution is 0.951. The fourth-order valence-electron chi connectivity index (χ4n) is 1.58. The van der Waals surface area contributed by atoms with Crippen LogP contribution in [0.4, 0.5) is 5.69 Å². The topological polar surface area (TPSA) is 50.4 Å². The summed E-state index contributed by atoms with van der Waals surface area (Å²) in [6, 6.07) is 8.16. The predicted molar refractivity (Wildman–Crippen MR) is 59.5 cm³/mol. The minimum atomic E-state index is 0.585. The molecule has 0 aliphatic carbocycles. The Morgan fingerprint density at radius 1 is 1.43 bits per heavy atom. The van der Waals surface area contributed by atoms with Crippen LogP contribution in [0.1, 0.15) is 18.4 Å². The van der Waals surface area contributed by atoms with Gasteiger partial charge in [-0.15, -0.1) is 0 Å². The molecule has 0 saturated heterocycles. The number of hydrogen-bond acceptors (Lipinski definition) is 3. The van der Waals surface area contributed by atoms with Crippen LogP contribution in [0.25, 0.3) is 0 Å². The lowest BCUT2D eigenvalue weighted by Gasteiger charge is -2.06. The number of nitrogens with two attached hydrogens (primary N) is 1. The van der Waals surface area contributed by atoms with E-state index in [1.54, 1.807) is 0 Å². The molecule has 0 saturated carbocycles. The first-order chi connectivity index (χ1) is 6.88. The van der Waals surface area contributed by atoms with Crippen molar-refractivity contribution in [1.82, 2.24) is 0 Å². The molecule has 1 aromatic carbocycles. The number of hydrogen-bond donors (Lipinski definition) is 2. The Bertz CT molecular complexity index is 344. The Kier molecular flexibility index (Phi) is 2.79. The summed E-state index contributed by atoms with van der Waals surface area (Å²) in [6.07, 6.45) is 2.23. The third-order valence-corrected chi connectivity index (χ3v) is 2.33. The lowest BCUT2D eigenvalue weighted by atomic mass is 10.2. The van der Waals surface area contributed by atoms with Gasteiger partial charge in [0, 0.05) is 25.2 Å². The second-order valence-electron chi connectivity index (χ2n) is 3.46. The molecule has 3 nitrogen and oxygen atoms in total. The van der Waals surface area contributed by atoms with E-state index in [1.165, 1.54) is 6.42 Å². The number of nitrogens with zero attached hydrogens (tertiary/aromatic N) is 1.